The zero-order valence-electron chi connectivity index (χ0n) is 14.7. The maximum Gasteiger partial charge on any atom is 0.416 e. The minimum atomic E-state index is -4.52. The van der Waals surface area contributed by atoms with Gasteiger partial charge in [-0.25, -0.2) is 4.39 Å². The van der Waals surface area contributed by atoms with Crippen molar-refractivity contribution in [3.8, 4) is 0 Å². The van der Waals surface area contributed by atoms with Crippen LogP contribution in [0.2, 0.25) is 0 Å². The van der Waals surface area contributed by atoms with E-state index in [4.69, 9.17) is 4.74 Å². The highest BCUT2D eigenvalue weighted by atomic mass is 19.4. The number of carbonyl (C=O) groups is 1. The quantitative estimate of drug-likeness (QED) is 0.749. The molecular weight excluding hydrogens is 362 g/mol. The Bertz CT molecular complexity index is 835. The molecule has 1 aliphatic rings. The fourth-order valence-electron chi connectivity index (χ4n) is 3.05. The van der Waals surface area contributed by atoms with Crippen LogP contribution < -0.4 is 0 Å². The third-order valence-electron chi connectivity index (χ3n) is 4.60. The van der Waals surface area contributed by atoms with Gasteiger partial charge in [0.25, 0.3) is 5.91 Å². The lowest BCUT2D eigenvalue weighted by atomic mass is 9.98. The molecule has 0 N–H and O–H groups in total. The number of morpholine rings is 1. The van der Waals surface area contributed by atoms with E-state index in [9.17, 15) is 22.4 Å². The van der Waals surface area contributed by atoms with Gasteiger partial charge in [-0.05, 0) is 42.2 Å². The van der Waals surface area contributed by atoms with E-state index in [1.807, 2.05) is 0 Å². The van der Waals surface area contributed by atoms with Crippen molar-refractivity contribution in [1.29, 1.82) is 0 Å². The van der Waals surface area contributed by atoms with Crippen LogP contribution in [0.5, 0.6) is 0 Å². The number of halogens is 4. The van der Waals surface area contributed by atoms with E-state index < -0.39 is 24.7 Å². The van der Waals surface area contributed by atoms with E-state index >= 15 is 0 Å². The first-order chi connectivity index (χ1) is 12.8. The van der Waals surface area contributed by atoms with Crippen molar-refractivity contribution in [3.63, 3.8) is 0 Å². The molecule has 0 unspecified atom stereocenters. The monoisotopic (exact) mass is 381 g/mol. The average Bonchev–Trinajstić information content (AvgIpc) is 2.64. The zero-order chi connectivity index (χ0) is 19.6. The van der Waals surface area contributed by atoms with Crippen LogP contribution in [0.15, 0.2) is 42.5 Å². The summed E-state index contributed by atoms with van der Waals surface area (Å²) in [5.74, 6) is -0.812. The molecule has 27 heavy (non-hydrogen) atoms. The van der Waals surface area contributed by atoms with Crippen molar-refractivity contribution in [2.24, 2.45) is 0 Å². The fraction of sp³-hybridized carbons (Fsp3) is 0.350. The number of amides is 1. The van der Waals surface area contributed by atoms with E-state index in [2.05, 4.69) is 0 Å². The van der Waals surface area contributed by atoms with E-state index in [-0.39, 0.29) is 19.0 Å². The number of benzene rings is 2. The van der Waals surface area contributed by atoms with E-state index in [1.54, 1.807) is 43.3 Å². The summed E-state index contributed by atoms with van der Waals surface area (Å²) in [6.45, 7) is 1.06. The van der Waals surface area contributed by atoms with Crippen LogP contribution in [0.1, 0.15) is 27.0 Å². The van der Waals surface area contributed by atoms with E-state index in [0.29, 0.717) is 28.7 Å². The van der Waals surface area contributed by atoms with Gasteiger partial charge in [-0.2, -0.15) is 13.2 Å². The number of hydrogen-bond acceptors (Lipinski definition) is 2. The Hall–Kier alpha value is -2.41. The molecule has 0 aromatic heterocycles. The van der Waals surface area contributed by atoms with Gasteiger partial charge in [-0.3, -0.25) is 4.79 Å². The SMILES string of the molecule is Cc1ccc(Cc2ccccc2C(=O)N2CCO[C@@H](C(F)(F)F)C2)cc1F. The number of nitrogens with zero attached hydrogens (tertiary/aromatic N) is 1. The van der Waals surface area contributed by atoms with Gasteiger partial charge < -0.3 is 9.64 Å². The Kier molecular flexibility index (Phi) is 5.51. The molecule has 3 nitrogen and oxygen atoms in total. The predicted molar refractivity (Wildman–Crippen MR) is 92.1 cm³/mol. The lowest BCUT2D eigenvalue weighted by molar-refractivity contribution is -0.233. The van der Waals surface area contributed by atoms with E-state index in [0.717, 1.165) is 4.90 Å². The predicted octanol–water partition coefficient (Wildman–Crippen LogP) is 4.13. The smallest absolute Gasteiger partial charge is 0.365 e. The average molecular weight is 381 g/mol. The van der Waals surface area contributed by atoms with Crippen LogP contribution >= 0.6 is 0 Å². The fourth-order valence-corrected chi connectivity index (χ4v) is 3.05. The molecular formula is C20H19F4NO2. The number of rotatable bonds is 3. The van der Waals surface area contributed by atoms with E-state index in [1.165, 1.54) is 6.07 Å². The first kappa shape index (κ1) is 19.4. The molecule has 0 saturated carbocycles. The summed E-state index contributed by atoms with van der Waals surface area (Å²) in [6, 6.07) is 11.6. The number of hydrogen-bond donors (Lipinski definition) is 0. The van der Waals surface area contributed by atoms with Crippen molar-refractivity contribution < 1.29 is 27.1 Å². The van der Waals surface area contributed by atoms with Crippen LogP contribution in [-0.4, -0.2) is 42.8 Å². The Balaban J connectivity index is 1.82. The summed E-state index contributed by atoms with van der Waals surface area (Å²) in [6.07, 6.45) is -6.18. The maximum atomic E-state index is 13.8. The zero-order valence-corrected chi connectivity index (χ0v) is 14.7. The molecule has 0 bridgehead atoms. The molecule has 0 aliphatic carbocycles. The summed E-state index contributed by atoms with van der Waals surface area (Å²) >= 11 is 0. The van der Waals surface area contributed by atoms with Crippen molar-refractivity contribution >= 4 is 5.91 Å². The lowest BCUT2D eigenvalue weighted by Gasteiger charge is -2.34. The number of aryl methyl sites for hydroxylation is 1. The Morgan fingerprint density at radius 3 is 2.67 bits per heavy atom. The second-order valence-electron chi connectivity index (χ2n) is 6.57. The third-order valence-corrected chi connectivity index (χ3v) is 4.60. The number of ether oxygens (including phenoxy) is 1. The van der Waals surface area contributed by atoms with Gasteiger partial charge in [0, 0.05) is 12.1 Å². The standard InChI is InChI=1S/C20H19F4NO2/c1-13-6-7-14(11-17(13)21)10-15-4-2-3-5-16(15)19(26)25-8-9-27-18(12-25)20(22,23)24/h2-7,11,18H,8-10,12H2,1H3/t18-/m1/s1. The van der Waals surface area contributed by atoms with Crippen LogP contribution in [-0.2, 0) is 11.2 Å². The minimum Gasteiger partial charge on any atom is -0.365 e. The molecule has 2 aromatic carbocycles. The van der Waals surface area contributed by atoms with Crippen molar-refractivity contribution in [2.45, 2.75) is 25.6 Å². The van der Waals surface area contributed by atoms with Crippen molar-refractivity contribution in [2.75, 3.05) is 19.7 Å². The highest BCUT2D eigenvalue weighted by Gasteiger charge is 2.44. The molecule has 1 amide bonds. The highest BCUT2D eigenvalue weighted by molar-refractivity contribution is 5.96. The highest BCUT2D eigenvalue weighted by Crippen LogP contribution is 2.27. The Labute approximate surface area is 154 Å². The molecule has 1 saturated heterocycles. The maximum absolute atomic E-state index is 13.8. The Morgan fingerprint density at radius 1 is 1.22 bits per heavy atom. The molecule has 2 aromatic rings. The summed E-state index contributed by atoms with van der Waals surface area (Å²) in [7, 11) is 0. The summed E-state index contributed by atoms with van der Waals surface area (Å²) in [5, 5.41) is 0. The van der Waals surface area contributed by atoms with Crippen molar-refractivity contribution in [1.82, 2.24) is 4.90 Å². The van der Waals surface area contributed by atoms with Gasteiger partial charge in [0.15, 0.2) is 6.10 Å². The minimum absolute atomic E-state index is 0.0961. The summed E-state index contributed by atoms with van der Waals surface area (Å²) in [4.78, 5) is 14.0. The van der Waals surface area contributed by atoms with Crippen LogP contribution in [0.3, 0.4) is 0 Å². The van der Waals surface area contributed by atoms with Crippen molar-refractivity contribution in [3.05, 3.63) is 70.5 Å². The van der Waals surface area contributed by atoms with Crippen LogP contribution in [0.25, 0.3) is 0 Å². The third kappa shape index (κ3) is 4.47. The Morgan fingerprint density at radius 2 is 1.96 bits per heavy atom. The molecule has 1 aliphatic heterocycles. The molecule has 0 radical (unpaired) electrons. The van der Waals surface area contributed by atoms with Gasteiger partial charge in [-0.1, -0.05) is 30.3 Å². The molecule has 1 heterocycles. The number of carbonyl (C=O) groups excluding carboxylic acids is 1. The van der Waals surface area contributed by atoms with Gasteiger partial charge >= 0.3 is 6.18 Å². The lowest BCUT2D eigenvalue weighted by Crippen LogP contribution is -2.51. The normalized spacial score (nSPS) is 17.8. The number of alkyl halides is 3. The molecule has 0 spiro atoms. The molecule has 144 valence electrons. The second-order valence-corrected chi connectivity index (χ2v) is 6.57. The first-order valence-corrected chi connectivity index (χ1v) is 8.56. The largest absolute Gasteiger partial charge is 0.416 e. The van der Waals surface area contributed by atoms with Gasteiger partial charge in [0.05, 0.1) is 13.2 Å². The van der Waals surface area contributed by atoms with Crippen LogP contribution in [0, 0.1) is 12.7 Å². The molecule has 7 heteroatoms. The van der Waals surface area contributed by atoms with Gasteiger partial charge in [0.1, 0.15) is 5.82 Å². The first-order valence-electron chi connectivity index (χ1n) is 8.56. The molecule has 1 fully saturated rings. The summed E-state index contributed by atoms with van der Waals surface area (Å²) in [5.41, 5.74) is 2.17. The molecule has 3 rings (SSSR count). The topological polar surface area (TPSA) is 29.5 Å². The summed E-state index contributed by atoms with van der Waals surface area (Å²) < 4.78 is 57.3. The molecule has 1 atom stereocenters. The second kappa shape index (κ2) is 7.68. The van der Waals surface area contributed by atoms with Gasteiger partial charge in [-0.15, -0.1) is 0 Å². The van der Waals surface area contributed by atoms with Crippen LogP contribution in [0.4, 0.5) is 17.6 Å². The van der Waals surface area contributed by atoms with Gasteiger partial charge in [0.2, 0.25) is 0 Å².